The van der Waals surface area contributed by atoms with E-state index in [9.17, 15) is 9.59 Å². The van der Waals surface area contributed by atoms with Crippen LogP contribution in [0.15, 0.2) is 58.4 Å². The third-order valence-corrected chi connectivity index (χ3v) is 4.55. The van der Waals surface area contributed by atoms with Crippen molar-refractivity contribution in [2.45, 2.75) is 19.0 Å². The Kier molecular flexibility index (Phi) is 5.75. The van der Waals surface area contributed by atoms with Crippen LogP contribution in [0.25, 0.3) is 0 Å². The summed E-state index contributed by atoms with van der Waals surface area (Å²) in [6, 6.07) is 6.98. The number of carbonyl (C=O) groups excluding carboxylic acids is 1. The van der Waals surface area contributed by atoms with Gasteiger partial charge < -0.3 is 10.1 Å². The maximum atomic E-state index is 12.5. The van der Waals surface area contributed by atoms with E-state index in [-0.39, 0.29) is 18.5 Å². The number of methoxy groups -OCH3 is 1. The van der Waals surface area contributed by atoms with E-state index in [1.54, 1.807) is 36.8 Å². The van der Waals surface area contributed by atoms with Crippen LogP contribution in [-0.4, -0.2) is 27.6 Å². The molecule has 3 heterocycles. The number of amides is 1. The van der Waals surface area contributed by atoms with Crippen molar-refractivity contribution in [3.63, 3.8) is 0 Å². The molecule has 0 spiro atoms. The summed E-state index contributed by atoms with van der Waals surface area (Å²) in [5.74, 6) is 0.179. The van der Waals surface area contributed by atoms with Gasteiger partial charge in [0.25, 0.3) is 0 Å². The first kappa shape index (κ1) is 17.8. The van der Waals surface area contributed by atoms with Crippen LogP contribution in [0.2, 0.25) is 0 Å². The Hall–Kier alpha value is -3.00. The predicted octanol–water partition coefficient (Wildman–Crippen LogP) is 1.81. The van der Waals surface area contributed by atoms with Crippen molar-refractivity contribution < 1.29 is 9.53 Å². The van der Waals surface area contributed by atoms with E-state index in [0.717, 1.165) is 11.1 Å². The van der Waals surface area contributed by atoms with Crippen LogP contribution in [0.4, 0.5) is 0 Å². The van der Waals surface area contributed by atoms with Gasteiger partial charge in [-0.25, -0.2) is 14.8 Å². The molecule has 1 unspecified atom stereocenters. The molecule has 0 aliphatic heterocycles. The average molecular weight is 370 g/mol. The highest BCUT2D eigenvalue weighted by molar-refractivity contribution is 7.07. The van der Waals surface area contributed by atoms with Crippen LogP contribution in [0.3, 0.4) is 0 Å². The van der Waals surface area contributed by atoms with E-state index in [0.29, 0.717) is 12.3 Å². The molecule has 0 fully saturated rings. The second-order valence-corrected chi connectivity index (χ2v) is 6.37. The molecule has 8 heteroatoms. The standard InChI is InChI=1S/C18H18N4O3S/c1-25-17-14(4-2-6-19-17)15(10-13-5-9-26-12-13)21-16(23)11-22-8-3-7-20-18(22)24/h2-9,12,15H,10-11H2,1H3,(H,21,23). The number of aromatic nitrogens is 3. The molecule has 3 aromatic heterocycles. The SMILES string of the molecule is COc1ncccc1C(Cc1ccsc1)NC(=O)Cn1cccnc1=O. The van der Waals surface area contributed by atoms with Crippen molar-refractivity contribution in [2.24, 2.45) is 0 Å². The smallest absolute Gasteiger partial charge is 0.347 e. The summed E-state index contributed by atoms with van der Waals surface area (Å²) < 4.78 is 6.60. The molecule has 0 aromatic carbocycles. The molecule has 0 aliphatic carbocycles. The number of thiophene rings is 1. The second kappa shape index (κ2) is 8.39. The number of hydrogen-bond donors (Lipinski definition) is 1. The van der Waals surface area contributed by atoms with E-state index < -0.39 is 5.69 Å². The quantitative estimate of drug-likeness (QED) is 0.685. The molecule has 0 saturated heterocycles. The average Bonchev–Trinajstić information content (AvgIpc) is 3.16. The molecule has 1 N–H and O–H groups in total. The van der Waals surface area contributed by atoms with Gasteiger partial charge in [-0.3, -0.25) is 9.36 Å². The molecule has 26 heavy (non-hydrogen) atoms. The summed E-state index contributed by atoms with van der Waals surface area (Å²) in [7, 11) is 1.55. The Morgan fingerprint density at radius 3 is 2.88 bits per heavy atom. The van der Waals surface area contributed by atoms with Crippen LogP contribution in [0.5, 0.6) is 5.88 Å². The minimum atomic E-state index is -0.462. The summed E-state index contributed by atoms with van der Waals surface area (Å²) >= 11 is 1.60. The van der Waals surface area contributed by atoms with Gasteiger partial charge >= 0.3 is 5.69 Å². The first-order valence-corrected chi connectivity index (χ1v) is 8.92. The van der Waals surface area contributed by atoms with E-state index in [4.69, 9.17) is 4.74 Å². The van der Waals surface area contributed by atoms with Gasteiger partial charge in [0.15, 0.2) is 0 Å². The van der Waals surface area contributed by atoms with E-state index in [2.05, 4.69) is 15.3 Å². The number of nitrogens with zero attached hydrogens (tertiary/aromatic N) is 3. The zero-order valence-corrected chi connectivity index (χ0v) is 15.0. The lowest BCUT2D eigenvalue weighted by molar-refractivity contribution is -0.122. The highest BCUT2D eigenvalue weighted by atomic mass is 32.1. The highest BCUT2D eigenvalue weighted by Gasteiger charge is 2.20. The number of ether oxygens (including phenoxy) is 1. The monoisotopic (exact) mass is 370 g/mol. The molecule has 134 valence electrons. The fourth-order valence-corrected chi connectivity index (χ4v) is 3.31. The van der Waals surface area contributed by atoms with E-state index in [1.165, 1.54) is 17.0 Å². The number of pyridine rings is 1. The van der Waals surface area contributed by atoms with Crippen molar-refractivity contribution in [1.82, 2.24) is 19.9 Å². The maximum absolute atomic E-state index is 12.5. The van der Waals surface area contributed by atoms with Crippen molar-refractivity contribution >= 4 is 17.2 Å². The van der Waals surface area contributed by atoms with Gasteiger partial charge in [-0.1, -0.05) is 6.07 Å². The van der Waals surface area contributed by atoms with Crippen molar-refractivity contribution in [2.75, 3.05) is 7.11 Å². The number of rotatable bonds is 7. The summed E-state index contributed by atoms with van der Waals surface area (Å²) in [4.78, 5) is 32.1. The number of nitrogens with one attached hydrogen (secondary N) is 1. The second-order valence-electron chi connectivity index (χ2n) is 5.59. The predicted molar refractivity (Wildman–Crippen MR) is 98.2 cm³/mol. The van der Waals surface area contributed by atoms with E-state index >= 15 is 0 Å². The zero-order chi connectivity index (χ0) is 18.4. The lowest BCUT2D eigenvalue weighted by Gasteiger charge is -2.20. The molecule has 0 saturated carbocycles. The molecule has 7 nitrogen and oxygen atoms in total. The normalized spacial score (nSPS) is 11.7. The van der Waals surface area contributed by atoms with Crippen LogP contribution in [0.1, 0.15) is 17.2 Å². The molecule has 3 rings (SSSR count). The van der Waals surface area contributed by atoms with Crippen molar-refractivity contribution in [3.8, 4) is 5.88 Å². The fraction of sp³-hybridized carbons (Fsp3) is 0.222. The Labute approximate surface area is 154 Å². The Morgan fingerprint density at radius 1 is 1.31 bits per heavy atom. The molecular weight excluding hydrogens is 352 g/mol. The molecule has 1 amide bonds. The first-order valence-electron chi connectivity index (χ1n) is 7.98. The van der Waals surface area contributed by atoms with Gasteiger partial charge in [0, 0.05) is 24.2 Å². The van der Waals surface area contributed by atoms with Gasteiger partial charge in [-0.05, 0) is 40.9 Å². The minimum Gasteiger partial charge on any atom is -0.481 e. The molecule has 0 bridgehead atoms. The Morgan fingerprint density at radius 2 is 2.15 bits per heavy atom. The third-order valence-electron chi connectivity index (χ3n) is 3.82. The van der Waals surface area contributed by atoms with Gasteiger partial charge in [-0.2, -0.15) is 11.3 Å². The van der Waals surface area contributed by atoms with Gasteiger partial charge in [0.05, 0.1) is 13.2 Å². The first-order chi connectivity index (χ1) is 12.7. The number of hydrogen-bond acceptors (Lipinski definition) is 6. The number of carbonyl (C=O) groups is 1. The summed E-state index contributed by atoms with van der Waals surface area (Å²) in [6.45, 7) is -0.102. The van der Waals surface area contributed by atoms with Crippen LogP contribution in [-0.2, 0) is 17.8 Å². The third kappa shape index (κ3) is 4.34. The summed E-state index contributed by atoms with van der Waals surface area (Å²) in [5.41, 5.74) is 1.42. The van der Waals surface area contributed by atoms with Crippen LogP contribution < -0.4 is 15.7 Å². The van der Waals surface area contributed by atoms with Gasteiger partial charge in [0.1, 0.15) is 6.54 Å². The lowest BCUT2D eigenvalue weighted by Crippen LogP contribution is -2.36. The van der Waals surface area contributed by atoms with Gasteiger partial charge in [0.2, 0.25) is 11.8 Å². The van der Waals surface area contributed by atoms with Crippen molar-refractivity contribution in [3.05, 3.63) is 75.2 Å². The topological polar surface area (TPSA) is 86.1 Å². The molecule has 1 atom stereocenters. The minimum absolute atomic E-state index is 0.102. The zero-order valence-electron chi connectivity index (χ0n) is 14.2. The van der Waals surface area contributed by atoms with Crippen molar-refractivity contribution in [1.29, 1.82) is 0 Å². The Bertz CT molecular complexity index is 924. The van der Waals surface area contributed by atoms with Gasteiger partial charge in [-0.15, -0.1) is 0 Å². The summed E-state index contributed by atoms with van der Waals surface area (Å²) in [6.07, 6.45) is 5.17. The largest absolute Gasteiger partial charge is 0.481 e. The lowest BCUT2D eigenvalue weighted by atomic mass is 10.0. The molecule has 3 aromatic rings. The molecule has 0 radical (unpaired) electrons. The Balaban J connectivity index is 1.82. The molecular formula is C18H18N4O3S. The highest BCUT2D eigenvalue weighted by Crippen LogP contribution is 2.26. The summed E-state index contributed by atoms with van der Waals surface area (Å²) in [5, 5.41) is 7.01. The molecule has 0 aliphatic rings. The van der Waals surface area contributed by atoms with E-state index in [1.807, 2.05) is 22.9 Å². The van der Waals surface area contributed by atoms with Crippen LogP contribution >= 0.6 is 11.3 Å². The maximum Gasteiger partial charge on any atom is 0.347 e. The fourth-order valence-electron chi connectivity index (χ4n) is 2.62. The van der Waals surface area contributed by atoms with Crippen LogP contribution in [0, 0.1) is 0 Å².